The molecule has 5 nitrogen and oxygen atoms in total. The van der Waals surface area contributed by atoms with Gasteiger partial charge in [0.2, 0.25) is 0 Å². The van der Waals surface area contributed by atoms with Crippen molar-refractivity contribution in [3.8, 4) is 0 Å². The zero-order chi connectivity index (χ0) is 10.8. The van der Waals surface area contributed by atoms with Crippen molar-refractivity contribution in [2.45, 2.75) is 18.9 Å². The van der Waals surface area contributed by atoms with Gasteiger partial charge in [-0.2, -0.15) is 0 Å². The van der Waals surface area contributed by atoms with E-state index in [1.807, 2.05) is 0 Å². The molecule has 3 N–H and O–H groups in total. The van der Waals surface area contributed by atoms with Gasteiger partial charge in [0.1, 0.15) is 5.82 Å². The Kier molecular flexibility index (Phi) is 2.45. The number of nitrogens with zero attached hydrogens (tertiary/aromatic N) is 1. The van der Waals surface area contributed by atoms with Gasteiger partial charge in [-0.25, -0.2) is 9.78 Å². The minimum Gasteiger partial charge on any atom is -0.465 e. The average Bonchev–Trinajstić information content (AvgIpc) is 3.03. The first-order chi connectivity index (χ1) is 7.20. The molecule has 1 aromatic heterocycles. The highest BCUT2D eigenvalue weighted by Gasteiger charge is 2.23. The van der Waals surface area contributed by atoms with Crippen LogP contribution in [0.5, 0.6) is 0 Å². The largest absolute Gasteiger partial charge is 0.465 e. The summed E-state index contributed by atoms with van der Waals surface area (Å²) >= 11 is 0. The molecule has 2 rings (SSSR count). The number of hydrogen-bond donors (Lipinski definition) is 2. The van der Waals surface area contributed by atoms with Crippen LogP contribution in [0, 0.1) is 0 Å². The number of rotatable bonds is 3. The van der Waals surface area contributed by atoms with E-state index in [2.05, 4.69) is 15.0 Å². The molecule has 15 heavy (non-hydrogen) atoms. The summed E-state index contributed by atoms with van der Waals surface area (Å²) in [5.74, 6) is -0.0796. The highest BCUT2D eigenvalue weighted by molar-refractivity contribution is 5.96. The number of pyridine rings is 1. The summed E-state index contributed by atoms with van der Waals surface area (Å²) in [7, 11) is 1.35. The van der Waals surface area contributed by atoms with Crippen LogP contribution in [0.3, 0.4) is 0 Å². The second kappa shape index (κ2) is 3.76. The van der Waals surface area contributed by atoms with Gasteiger partial charge in [0.15, 0.2) is 0 Å². The summed E-state index contributed by atoms with van der Waals surface area (Å²) in [6, 6.07) is 1.98. The summed E-state index contributed by atoms with van der Waals surface area (Å²) in [6.45, 7) is 0. The molecule has 0 bridgehead atoms. The first-order valence-electron chi connectivity index (χ1n) is 4.81. The number of aromatic nitrogens is 1. The number of ether oxygens (including phenoxy) is 1. The van der Waals surface area contributed by atoms with Crippen molar-refractivity contribution in [3.05, 3.63) is 17.8 Å². The van der Waals surface area contributed by atoms with Gasteiger partial charge >= 0.3 is 5.97 Å². The van der Waals surface area contributed by atoms with Crippen LogP contribution in [0.25, 0.3) is 0 Å². The maximum absolute atomic E-state index is 11.4. The normalized spacial score (nSPS) is 14.7. The number of nitrogen functional groups attached to an aromatic ring is 1. The Morgan fingerprint density at radius 2 is 2.40 bits per heavy atom. The minimum absolute atomic E-state index is 0.316. The molecule has 0 aliphatic heterocycles. The average molecular weight is 207 g/mol. The maximum atomic E-state index is 11.4. The van der Waals surface area contributed by atoms with E-state index in [-0.39, 0.29) is 0 Å². The third-order valence-corrected chi connectivity index (χ3v) is 2.27. The zero-order valence-corrected chi connectivity index (χ0v) is 8.49. The van der Waals surface area contributed by atoms with Gasteiger partial charge < -0.3 is 15.8 Å². The highest BCUT2D eigenvalue weighted by atomic mass is 16.5. The summed E-state index contributed by atoms with van der Waals surface area (Å²) in [5, 5.41) is 3.21. The van der Waals surface area contributed by atoms with Crippen molar-refractivity contribution >= 4 is 17.5 Å². The molecule has 0 amide bonds. The summed E-state index contributed by atoms with van der Waals surface area (Å²) in [4.78, 5) is 15.4. The fraction of sp³-hybridized carbons (Fsp3) is 0.400. The molecular weight excluding hydrogens is 194 g/mol. The molecule has 1 aromatic rings. The number of esters is 1. The van der Waals surface area contributed by atoms with Crippen LogP contribution in [0.15, 0.2) is 12.3 Å². The fourth-order valence-electron chi connectivity index (χ4n) is 1.31. The lowest BCUT2D eigenvalue weighted by molar-refractivity contribution is 0.0602. The molecule has 0 saturated heterocycles. The number of anilines is 2. The molecule has 0 spiro atoms. The molecule has 0 radical (unpaired) electrons. The fourth-order valence-corrected chi connectivity index (χ4v) is 1.31. The molecule has 0 aromatic carbocycles. The second-order valence-electron chi connectivity index (χ2n) is 3.56. The predicted octanol–water partition coefficient (Wildman–Crippen LogP) is 1.02. The maximum Gasteiger partial charge on any atom is 0.340 e. The summed E-state index contributed by atoms with van der Waals surface area (Å²) < 4.78 is 4.67. The Morgan fingerprint density at radius 1 is 1.67 bits per heavy atom. The third kappa shape index (κ3) is 2.18. The van der Waals surface area contributed by atoms with Gasteiger partial charge in [-0.15, -0.1) is 0 Å². The Balaban J connectivity index is 2.29. The van der Waals surface area contributed by atoms with E-state index < -0.39 is 5.97 Å². The first-order valence-corrected chi connectivity index (χ1v) is 4.81. The van der Waals surface area contributed by atoms with Crippen molar-refractivity contribution in [2.24, 2.45) is 0 Å². The van der Waals surface area contributed by atoms with Crippen LogP contribution < -0.4 is 11.1 Å². The van der Waals surface area contributed by atoms with E-state index in [9.17, 15) is 4.79 Å². The Labute approximate surface area is 87.6 Å². The molecule has 80 valence electrons. The molecule has 5 heteroatoms. The van der Waals surface area contributed by atoms with E-state index in [1.165, 1.54) is 13.2 Å². The van der Waals surface area contributed by atoms with Crippen LogP contribution >= 0.6 is 0 Å². The standard InChI is InChI=1S/C10H13N3O2/c1-15-10(14)7-4-9(11)12-5-8(7)13-6-2-3-6/h4-6,13H,2-3H2,1H3,(H2,11,12). The van der Waals surface area contributed by atoms with E-state index >= 15 is 0 Å². The summed E-state index contributed by atoms with van der Waals surface area (Å²) in [5.41, 5.74) is 6.65. The smallest absolute Gasteiger partial charge is 0.340 e. The van der Waals surface area contributed by atoms with E-state index in [0.29, 0.717) is 23.1 Å². The predicted molar refractivity (Wildman–Crippen MR) is 56.6 cm³/mol. The van der Waals surface area contributed by atoms with Crippen molar-refractivity contribution < 1.29 is 9.53 Å². The molecule has 0 atom stereocenters. The van der Waals surface area contributed by atoms with Crippen LogP contribution in [-0.2, 0) is 4.74 Å². The van der Waals surface area contributed by atoms with Crippen molar-refractivity contribution in [1.29, 1.82) is 0 Å². The lowest BCUT2D eigenvalue weighted by Crippen LogP contribution is -2.11. The number of nitrogens with two attached hydrogens (primary N) is 1. The van der Waals surface area contributed by atoms with Crippen LogP contribution in [0.1, 0.15) is 23.2 Å². The number of carbonyl (C=O) groups is 1. The lowest BCUT2D eigenvalue weighted by Gasteiger charge is -2.09. The quantitative estimate of drug-likeness (QED) is 0.724. The van der Waals surface area contributed by atoms with Crippen molar-refractivity contribution in [3.63, 3.8) is 0 Å². The van der Waals surface area contributed by atoms with Gasteiger partial charge in [-0.05, 0) is 18.9 Å². The first kappa shape index (κ1) is 9.76. The Hall–Kier alpha value is -1.78. The molecule has 1 saturated carbocycles. The van der Waals surface area contributed by atoms with Gasteiger partial charge in [0.05, 0.1) is 24.6 Å². The molecule has 0 unspecified atom stereocenters. The third-order valence-electron chi connectivity index (χ3n) is 2.27. The minimum atomic E-state index is -0.396. The molecule has 1 aliphatic rings. The summed E-state index contributed by atoms with van der Waals surface area (Å²) in [6.07, 6.45) is 3.83. The topological polar surface area (TPSA) is 77.2 Å². The molecular formula is C10H13N3O2. The Morgan fingerprint density at radius 3 is 3.00 bits per heavy atom. The second-order valence-corrected chi connectivity index (χ2v) is 3.56. The number of methoxy groups -OCH3 is 1. The van der Waals surface area contributed by atoms with Crippen LogP contribution in [0.4, 0.5) is 11.5 Å². The van der Waals surface area contributed by atoms with Gasteiger partial charge in [0, 0.05) is 6.04 Å². The van der Waals surface area contributed by atoms with E-state index in [0.717, 1.165) is 12.8 Å². The van der Waals surface area contributed by atoms with E-state index in [1.54, 1.807) is 6.20 Å². The zero-order valence-electron chi connectivity index (χ0n) is 8.49. The highest BCUT2D eigenvalue weighted by Crippen LogP contribution is 2.27. The van der Waals surface area contributed by atoms with E-state index in [4.69, 9.17) is 5.73 Å². The number of carbonyl (C=O) groups excluding carboxylic acids is 1. The Bertz CT molecular complexity index is 388. The number of nitrogens with one attached hydrogen (secondary N) is 1. The monoisotopic (exact) mass is 207 g/mol. The lowest BCUT2D eigenvalue weighted by atomic mass is 10.2. The van der Waals surface area contributed by atoms with Crippen molar-refractivity contribution in [2.75, 3.05) is 18.2 Å². The molecule has 1 heterocycles. The SMILES string of the molecule is COC(=O)c1cc(N)ncc1NC1CC1. The number of hydrogen-bond acceptors (Lipinski definition) is 5. The van der Waals surface area contributed by atoms with Crippen LogP contribution in [-0.4, -0.2) is 24.1 Å². The van der Waals surface area contributed by atoms with Gasteiger partial charge in [-0.3, -0.25) is 0 Å². The van der Waals surface area contributed by atoms with Gasteiger partial charge in [-0.1, -0.05) is 0 Å². The molecule has 1 aliphatic carbocycles. The van der Waals surface area contributed by atoms with Crippen molar-refractivity contribution in [1.82, 2.24) is 4.98 Å². The molecule has 1 fully saturated rings. The van der Waals surface area contributed by atoms with Gasteiger partial charge in [0.25, 0.3) is 0 Å². The van der Waals surface area contributed by atoms with Crippen LogP contribution in [0.2, 0.25) is 0 Å².